The number of hydrogen-bond acceptors (Lipinski definition) is 8. The van der Waals surface area contributed by atoms with Crippen molar-refractivity contribution in [3.05, 3.63) is 97.3 Å². The average Bonchev–Trinajstić information content (AvgIpc) is 3.22. The summed E-state index contributed by atoms with van der Waals surface area (Å²) in [4.78, 5) is 52.6. The van der Waals surface area contributed by atoms with E-state index in [1.807, 2.05) is 44.2 Å². The van der Waals surface area contributed by atoms with Crippen LogP contribution in [0.4, 0.5) is 21.9 Å². The summed E-state index contributed by atoms with van der Waals surface area (Å²) in [6, 6.07) is 18.4. The van der Waals surface area contributed by atoms with E-state index in [-0.39, 0.29) is 34.7 Å². The Labute approximate surface area is 249 Å². The number of imide groups is 1. The Morgan fingerprint density at radius 2 is 1.85 bits per heavy atom. The predicted molar refractivity (Wildman–Crippen MR) is 163 cm³/mol. The van der Waals surface area contributed by atoms with Crippen LogP contribution >= 0.6 is 27.7 Å². The lowest BCUT2D eigenvalue weighted by Gasteiger charge is -2.22. The summed E-state index contributed by atoms with van der Waals surface area (Å²) in [6.45, 7) is 5.28. The highest BCUT2D eigenvalue weighted by molar-refractivity contribution is 9.10. The normalized spacial score (nSPS) is 13.9. The van der Waals surface area contributed by atoms with Gasteiger partial charge in [-0.05, 0) is 61.5 Å². The number of amides is 3. The summed E-state index contributed by atoms with van der Waals surface area (Å²) in [5.41, 5.74) is 2.31. The van der Waals surface area contributed by atoms with Gasteiger partial charge < -0.3 is 15.0 Å². The topological polar surface area (TPSA) is 122 Å². The zero-order chi connectivity index (χ0) is 29.5. The Balaban J connectivity index is 1.56. The highest BCUT2D eigenvalue weighted by Crippen LogP contribution is 2.36. The van der Waals surface area contributed by atoms with Gasteiger partial charge in [0.15, 0.2) is 6.61 Å². The quantitative estimate of drug-likeness (QED) is 0.144. The van der Waals surface area contributed by atoms with Crippen LogP contribution in [0.15, 0.2) is 76.1 Å². The van der Waals surface area contributed by atoms with Gasteiger partial charge >= 0.3 is 0 Å². The van der Waals surface area contributed by atoms with E-state index in [0.29, 0.717) is 11.3 Å². The number of nitro groups is 1. The number of thioether (sulfide) groups is 1. The number of hydrogen-bond donors (Lipinski definition) is 1. The highest BCUT2D eigenvalue weighted by Gasteiger charge is 2.35. The van der Waals surface area contributed by atoms with Gasteiger partial charge in [-0.3, -0.25) is 29.4 Å². The van der Waals surface area contributed by atoms with E-state index in [2.05, 4.69) is 26.1 Å². The number of nitrogens with one attached hydrogen (secondary N) is 1. The summed E-state index contributed by atoms with van der Waals surface area (Å²) in [5, 5.41) is 13.3. The molecule has 0 aromatic heterocycles. The van der Waals surface area contributed by atoms with E-state index in [0.717, 1.165) is 40.6 Å². The summed E-state index contributed by atoms with van der Waals surface area (Å²) in [5.74, 6) is -0.586. The average molecular weight is 640 g/mol. The lowest BCUT2D eigenvalue weighted by atomic mass is 10.1. The van der Waals surface area contributed by atoms with Gasteiger partial charge in [-0.25, -0.2) is 0 Å². The number of benzene rings is 3. The molecule has 1 fully saturated rings. The van der Waals surface area contributed by atoms with Crippen LogP contribution in [0.25, 0.3) is 6.08 Å². The van der Waals surface area contributed by atoms with Gasteiger partial charge in [0, 0.05) is 52.7 Å². The summed E-state index contributed by atoms with van der Waals surface area (Å²) >= 11 is 4.30. The molecule has 0 unspecified atom stereocenters. The lowest BCUT2D eigenvalue weighted by Crippen LogP contribution is -2.27. The number of anilines is 2. The number of non-ortho nitro benzene ring substituents is 1. The molecule has 0 saturated carbocycles. The molecule has 0 spiro atoms. The van der Waals surface area contributed by atoms with E-state index in [9.17, 15) is 24.5 Å². The zero-order valence-corrected chi connectivity index (χ0v) is 24.7. The van der Waals surface area contributed by atoms with E-state index in [1.54, 1.807) is 24.3 Å². The molecular formula is C29H27BrN4O6S. The van der Waals surface area contributed by atoms with Crippen LogP contribution < -0.4 is 15.0 Å². The van der Waals surface area contributed by atoms with Crippen molar-refractivity contribution in [1.82, 2.24) is 4.90 Å². The fraction of sp³-hybridized carbons (Fsp3) is 0.207. The molecule has 1 aliphatic rings. The molecule has 1 N–H and O–H groups in total. The molecule has 10 nitrogen and oxygen atoms in total. The second-order valence-electron chi connectivity index (χ2n) is 8.90. The largest absolute Gasteiger partial charge is 0.483 e. The SMILES string of the molecule is CCN(CC)c1ccc(/C=C2/SC(=O)N(Cc3ccccc3Br)C2=O)c(OCC(=O)Nc2cccc([N+](=O)[O-])c2)c1. The van der Waals surface area contributed by atoms with Crippen LogP contribution in [0.1, 0.15) is 25.0 Å². The molecule has 41 heavy (non-hydrogen) atoms. The smallest absolute Gasteiger partial charge is 0.293 e. The van der Waals surface area contributed by atoms with Crippen molar-refractivity contribution in [2.24, 2.45) is 0 Å². The van der Waals surface area contributed by atoms with Gasteiger partial charge in [-0.2, -0.15) is 0 Å². The van der Waals surface area contributed by atoms with E-state index < -0.39 is 16.7 Å². The fourth-order valence-electron chi connectivity index (χ4n) is 4.16. The minimum atomic E-state index is -0.544. The molecule has 1 saturated heterocycles. The molecule has 1 aliphatic heterocycles. The standard InChI is InChI=1S/C29H27BrN4O6S/c1-3-32(4-2)22-13-12-19(14-26-28(36)33(29(37)41-26)17-20-8-5-6-11-24(20)30)25(16-22)40-18-27(35)31-21-9-7-10-23(15-21)34(38)39/h5-16H,3-4,17-18H2,1-2H3,(H,31,35)/b26-14+. The van der Waals surface area contributed by atoms with Crippen LogP contribution in [0, 0.1) is 10.1 Å². The van der Waals surface area contributed by atoms with Crippen LogP contribution in [-0.4, -0.2) is 46.6 Å². The Morgan fingerprint density at radius 1 is 1.10 bits per heavy atom. The van der Waals surface area contributed by atoms with Crippen molar-refractivity contribution >= 4 is 67.9 Å². The molecule has 0 bridgehead atoms. The monoisotopic (exact) mass is 638 g/mol. The number of nitro benzene ring substituents is 1. The maximum absolute atomic E-state index is 13.2. The molecule has 12 heteroatoms. The number of rotatable bonds is 11. The van der Waals surface area contributed by atoms with Crippen molar-refractivity contribution in [3.63, 3.8) is 0 Å². The first-order valence-corrected chi connectivity index (χ1v) is 14.4. The number of carbonyl (C=O) groups excluding carboxylic acids is 3. The number of halogens is 1. The molecule has 0 radical (unpaired) electrons. The number of nitrogens with zero attached hydrogens (tertiary/aromatic N) is 3. The molecule has 3 amide bonds. The first kappa shape index (κ1) is 29.8. The third-order valence-corrected chi connectivity index (χ3v) is 7.95. The van der Waals surface area contributed by atoms with E-state index in [4.69, 9.17) is 4.74 Å². The molecular weight excluding hydrogens is 612 g/mol. The first-order valence-electron chi connectivity index (χ1n) is 12.7. The van der Waals surface area contributed by atoms with Crippen molar-refractivity contribution in [1.29, 1.82) is 0 Å². The fourth-order valence-corrected chi connectivity index (χ4v) is 5.40. The maximum Gasteiger partial charge on any atom is 0.293 e. The second kappa shape index (κ2) is 13.5. The number of carbonyl (C=O) groups is 3. The zero-order valence-electron chi connectivity index (χ0n) is 22.3. The van der Waals surface area contributed by atoms with Gasteiger partial charge in [0.25, 0.3) is 22.7 Å². The maximum atomic E-state index is 13.2. The predicted octanol–water partition coefficient (Wildman–Crippen LogP) is 6.46. The number of ether oxygens (including phenoxy) is 1. The Bertz CT molecular complexity index is 1520. The van der Waals surface area contributed by atoms with Gasteiger partial charge in [0.1, 0.15) is 5.75 Å². The highest BCUT2D eigenvalue weighted by atomic mass is 79.9. The minimum absolute atomic E-state index is 0.130. The lowest BCUT2D eigenvalue weighted by molar-refractivity contribution is -0.384. The molecule has 3 aromatic rings. The van der Waals surface area contributed by atoms with Gasteiger partial charge in [0.05, 0.1) is 16.4 Å². The van der Waals surface area contributed by atoms with Crippen LogP contribution in [0.5, 0.6) is 5.75 Å². The molecule has 4 rings (SSSR count). The van der Waals surface area contributed by atoms with E-state index in [1.165, 1.54) is 23.1 Å². The van der Waals surface area contributed by atoms with Crippen molar-refractivity contribution < 1.29 is 24.0 Å². The second-order valence-corrected chi connectivity index (χ2v) is 10.7. The van der Waals surface area contributed by atoms with Crippen LogP contribution in [0.3, 0.4) is 0 Å². The summed E-state index contributed by atoms with van der Waals surface area (Å²) in [6.07, 6.45) is 1.59. The Morgan fingerprint density at radius 3 is 2.56 bits per heavy atom. The minimum Gasteiger partial charge on any atom is -0.483 e. The van der Waals surface area contributed by atoms with Crippen molar-refractivity contribution in [2.75, 3.05) is 29.9 Å². The van der Waals surface area contributed by atoms with Gasteiger partial charge in [-0.15, -0.1) is 0 Å². The van der Waals surface area contributed by atoms with E-state index >= 15 is 0 Å². The van der Waals surface area contributed by atoms with Crippen LogP contribution in [-0.2, 0) is 16.1 Å². The molecule has 0 aliphatic carbocycles. The Hall–Kier alpha value is -4.16. The van der Waals surface area contributed by atoms with Gasteiger partial charge in [-0.1, -0.05) is 40.2 Å². The van der Waals surface area contributed by atoms with Crippen molar-refractivity contribution in [3.8, 4) is 5.75 Å². The summed E-state index contributed by atoms with van der Waals surface area (Å²) < 4.78 is 6.70. The molecule has 0 atom stereocenters. The van der Waals surface area contributed by atoms with Crippen molar-refractivity contribution in [2.45, 2.75) is 20.4 Å². The van der Waals surface area contributed by atoms with Crippen LogP contribution in [0.2, 0.25) is 0 Å². The van der Waals surface area contributed by atoms with Gasteiger partial charge in [0.2, 0.25) is 0 Å². The molecule has 1 heterocycles. The third kappa shape index (κ3) is 7.33. The molecule has 212 valence electrons. The third-order valence-electron chi connectivity index (χ3n) is 6.27. The first-order chi connectivity index (χ1) is 19.7. The Kier molecular flexibility index (Phi) is 9.79. The summed E-state index contributed by atoms with van der Waals surface area (Å²) in [7, 11) is 0. The molecule has 3 aromatic carbocycles.